The second kappa shape index (κ2) is 5.88. The van der Waals surface area contributed by atoms with Crippen molar-refractivity contribution >= 4 is 28.6 Å². The van der Waals surface area contributed by atoms with Crippen molar-refractivity contribution in [2.45, 2.75) is 26.4 Å². The molecular weight excluding hydrogens is 347 g/mol. The summed E-state index contributed by atoms with van der Waals surface area (Å²) in [6, 6.07) is 4.68. The first-order chi connectivity index (χ1) is 8.24. The molecule has 2 N–H and O–H groups in total. The molecule has 0 aliphatic carbocycles. The van der Waals surface area contributed by atoms with Gasteiger partial charge in [0.2, 0.25) is 0 Å². The molecule has 1 atom stereocenters. The number of carbonyl (C=O) groups is 1. The second-order valence-electron chi connectivity index (χ2n) is 4.75. The van der Waals surface area contributed by atoms with Crippen molar-refractivity contribution in [2.24, 2.45) is 5.92 Å². The lowest BCUT2D eigenvalue weighted by molar-refractivity contribution is -0.0268. The highest BCUT2D eigenvalue weighted by atomic mass is 127. The molecule has 0 fully saturated rings. The van der Waals surface area contributed by atoms with Crippen molar-refractivity contribution in [1.82, 2.24) is 0 Å². The molecule has 0 bridgehead atoms. The van der Waals surface area contributed by atoms with Crippen molar-refractivity contribution in [3.05, 3.63) is 27.3 Å². The Morgan fingerprint density at radius 2 is 2.11 bits per heavy atom. The Morgan fingerprint density at radius 3 is 2.61 bits per heavy atom. The van der Waals surface area contributed by atoms with Gasteiger partial charge >= 0.3 is 5.97 Å². The third kappa shape index (κ3) is 3.84. The molecule has 1 unspecified atom stereocenters. The molecular formula is C13H17IO4. The number of ether oxygens (including phenoxy) is 1. The van der Waals surface area contributed by atoms with Gasteiger partial charge in [0, 0.05) is 0 Å². The van der Waals surface area contributed by atoms with Crippen LogP contribution in [0, 0.1) is 9.49 Å². The van der Waals surface area contributed by atoms with Crippen molar-refractivity contribution in [1.29, 1.82) is 0 Å². The van der Waals surface area contributed by atoms with E-state index in [1.165, 1.54) is 12.1 Å². The van der Waals surface area contributed by atoms with E-state index in [9.17, 15) is 9.90 Å². The Bertz CT molecular complexity index is 441. The Kier molecular flexibility index (Phi) is 4.98. The van der Waals surface area contributed by atoms with E-state index in [1.807, 2.05) is 13.8 Å². The van der Waals surface area contributed by atoms with Gasteiger partial charge in [0.1, 0.15) is 12.4 Å². The highest BCUT2D eigenvalue weighted by molar-refractivity contribution is 14.1. The Hall–Kier alpha value is -0.820. The summed E-state index contributed by atoms with van der Waals surface area (Å²) in [6.45, 7) is 5.64. The van der Waals surface area contributed by atoms with Gasteiger partial charge in [0.05, 0.1) is 14.7 Å². The van der Waals surface area contributed by atoms with Crippen molar-refractivity contribution in [3.63, 3.8) is 0 Å². The molecule has 0 aromatic heterocycles. The number of carboxylic acids is 1. The first-order valence-electron chi connectivity index (χ1n) is 5.62. The van der Waals surface area contributed by atoms with Gasteiger partial charge in [-0.15, -0.1) is 0 Å². The van der Waals surface area contributed by atoms with Crippen LogP contribution in [0.3, 0.4) is 0 Å². The summed E-state index contributed by atoms with van der Waals surface area (Å²) in [5.41, 5.74) is -0.767. The van der Waals surface area contributed by atoms with Gasteiger partial charge in [0.15, 0.2) is 0 Å². The molecule has 18 heavy (non-hydrogen) atoms. The fraction of sp³-hybridized carbons (Fsp3) is 0.462. The van der Waals surface area contributed by atoms with Gasteiger partial charge in [-0.2, -0.15) is 0 Å². The third-order valence-electron chi connectivity index (χ3n) is 2.94. The van der Waals surface area contributed by atoms with Crippen LogP contribution in [-0.4, -0.2) is 28.4 Å². The van der Waals surface area contributed by atoms with Crippen molar-refractivity contribution in [2.75, 3.05) is 6.61 Å². The quantitative estimate of drug-likeness (QED) is 0.789. The molecule has 0 saturated carbocycles. The number of aliphatic hydroxyl groups is 1. The van der Waals surface area contributed by atoms with Crippen LogP contribution in [0.2, 0.25) is 0 Å². The molecule has 5 heteroatoms. The van der Waals surface area contributed by atoms with E-state index >= 15 is 0 Å². The van der Waals surface area contributed by atoms with E-state index in [0.717, 1.165) is 3.57 Å². The molecule has 1 rings (SSSR count). The number of rotatable bonds is 5. The first kappa shape index (κ1) is 15.2. The molecule has 1 aromatic rings. The highest BCUT2D eigenvalue weighted by Gasteiger charge is 2.26. The van der Waals surface area contributed by atoms with E-state index in [2.05, 4.69) is 22.6 Å². The summed E-state index contributed by atoms with van der Waals surface area (Å²) in [6.07, 6.45) is 0. The zero-order valence-corrected chi connectivity index (χ0v) is 12.8. The number of halogens is 1. The van der Waals surface area contributed by atoms with Crippen LogP contribution < -0.4 is 4.74 Å². The lowest BCUT2D eigenvalue weighted by atomic mass is 9.94. The zero-order chi connectivity index (χ0) is 13.9. The Labute approximate surface area is 120 Å². The van der Waals surface area contributed by atoms with E-state index in [4.69, 9.17) is 9.84 Å². The predicted molar refractivity (Wildman–Crippen MR) is 77.1 cm³/mol. The van der Waals surface area contributed by atoms with Gasteiger partial charge in [-0.3, -0.25) is 0 Å². The number of benzene rings is 1. The number of hydrogen-bond donors (Lipinski definition) is 2. The fourth-order valence-electron chi connectivity index (χ4n) is 1.14. The van der Waals surface area contributed by atoms with Crippen LogP contribution in [0.25, 0.3) is 0 Å². The van der Waals surface area contributed by atoms with Crippen LogP contribution in [-0.2, 0) is 0 Å². The standard InChI is InChI=1S/C13H17IO4/c1-8(2)13(3,17)7-18-11-6-9(12(15)16)4-5-10(11)14/h4-6,8,17H,7H2,1-3H3,(H,15,16). The van der Waals surface area contributed by atoms with E-state index in [0.29, 0.717) is 5.75 Å². The third-order valence-corrected chi connectivity index (χ3v) is 3.83. The first-order valence-corrected chi connectivity index (χ1v) is 6.70. The van der Waals surface area contributed by atoms with Crippen LogP contribution in [0.4, 0.5) is 0 Å². The van der Waals surface area contributed by atoms with E-state index < -0.39 is 11.6 Å². The minimum atomic E-state index is -0.994. The normalized spacial score (nSPS) is 14.3. The minimum absolute atomic E-state index is 0.0535. The maximum absolute atomic E-state index is 10.9. The minimum Gasteiger partial charge on any atom is -0.489 e. The Balaban J connectivity index is 2.85. The SMILES string of the molecule is CC(C)C(C)(O)COc1cc(C(=O)O)ccc1I. The predicted octanol–water partition coefficient (Wildman–Crippen LogP) is 2.78. The van der Waals surface area contributed by atoms with E-state index in [1.54, 1.807) is 13.0 Å². The fourth-order valence-corrected chi connectivity index (χ4v) is 1.63. The largest absolute Gasteiger partial charge is 0.489 e. The molecule has 0 saturated heterocycles. The van der Waals surface area contributed by atoms with Gasteiger partial charge in [-0.05, 0) is 53.6 Å². The molecule has 100 valence electrons. The van der Waals surface area contributed by atoms with Crippen LogP contribution in [0.15, 0.2) is 18.2 Å². The van der Waals surface area contributed by atoms with Crippen LogP contribution in [0.5, 0.6) is 5.75 Å². The van der Waals surface area contributed by atoms with Crippen LogP contribution >= 0.6 is 22.6 Å². The summed E-state index contributed by atoms with van der Waals surface area (Å²) in [7, 11) is 0. The topological polar surface area (TPSA) is 66.8 Å². The Morgan fingerprint density at radius 1 is 1.50 bits per heavy atom. The van der Waals surface area contributed by atoms with Gasteiger partial charge < -0.3 is 14.9 Å². The smallest absolute Gasteiger partial charge is 0.335 e. The lowest BCUT2D eigenvalue weighted by Crippen LogP contribution is -2.37. The summed E-state index contributed by atoms with van der Waals surface area (Å²) in [4.78, 5) is 10.9. The summed E-state index contributed by atoms with van der Waals surface area (Å²) >= 11 is 2.07. The van der Waals surface area contributed by atoms with Gasteiger partial charge in [-0.1, -0.05) is 13.8 Å². The van der Waals surface area contributed by atoms with Crippen molar-refractivity contribution in [3.8, 4) is 5.75 Å². The molecule has 4 nitrogen and oxygen atoms in total. The van der Waals surface area contributed by atoms with Crippen molar-refractivity contribution < 1.29 is 19.7 Å². The summed E-state index contributed by atoms with van der Waals surface area (Å²) in [5.74, 6) is -0.457. The average molecular weight is 364 g/mol. The van der Waals surface area contributed by atoms with E-state index in [-0.39, 0.29) is 18.1 Å². The molecule has 0 aliphatic rings. The molecule has 0 radical (unpaired) electrons. The number of carboxylic acid groups (broad SMARTS) is 1. The maximum atomic E-state index is 10.9. The monoisotopic (exact) mass is 364 g/mol. The van der Waals surface area contributed by atoms with Crippen LogP contribution in [0.1, 0.15) is 31.1 Å². The summed E-state index contributed by atoms with van der Waals surface area (Å²) < 4.78 is 6.35. The molecule has 0 amide bonds. The maximum Gasteiger partial charge on any atom is 0.335 e. The average Bonchev–Trinajstić information content (AvgIpc) is 2.27. The molecule has 1 aromatic carbocycles. The molecule has 0 aliphatic heterocycles. The second-order valence-corrected chi connectivity index (χ2v) is 5.91. The highest BCUT2D eigenvalue weighted by Crippen LogP contribution is 2.25. The summed E-state index contributed by atoms with van der Waals surface area (Å²) in [5, 5.41) is 19.0. The molecule has 0 spiro atoms. The number of aromatic carboxylic acids is 1. The zero-order valence-electron chi connectivity index (χ0n) is 10.6. The van der Waals surface area contributed by atoms with Gasteiger partial charge in [0.25, 0.3) is 0 Å². The molecule has 0 heterocycles. The number of hydrogen-bond acceptors (Lipinski definition) is 3. The lowest BCUT2D eigenvalue weighted by Gasteiger charge is -2.27. The van der Waals surface area contributed by atoms with Gasteiger partial charge in [-0.25, -0.2) is 4.79 Å².